The summed E-state index contributed by atoms with van der Waals surface area (Å²) >= 11 is 0. The Hall–Kier alpha value is -1.88. The van der Waals surface area contributed by atoms with Crippen LogP contribution < -0.4 is 9.64 Å². The number of fused-ring (bicyclic) bond motifs is 1. The van der Waals surface area contributed by atoms with E-state index in [2.05, 4.69) is 23.8 Å². The molecular formula is C19H28N4O. The van der Waals surface area contributed by atoms with Gasteiger partial charge in [0.05, 0.1) is 18.3 Å². The van der Waals surface area contributed by atoms with Crippen molar-refractivity contribution in [3.63, 3.8) is 0 Å². The predicted octanol–water partition coefficient (Wildman–Crippen LogP) is 3.11. The molecule has 1 aromatic heterocycles. The Morgan fingerprint density at radius 2 is 2.17 bits per heavy atom. The largest absolute Gasteiger partial charge is 0.497 e. The number of aromatic nitrogens is 2. The summed E-state index contributed by atoms with van der Waals surface area (Å²) in [6.45, 7) is 8.86. The molecule has 1 saturated heterocycles. The number of hydrogen-bond donors (Lipinski definition) is 0. The number of methoxy groups -OCH3 is 1. The number of anilines is 1. The van der Waals surface area contributed by atoms with Gasteiger partial charge in [0.15, 0.2) is 0 Å². The molecule has 1 aliphatic rings. The molecule has 0 N–H and O–H groups in total. The Kier molecular flexibility index (Phi) is 5.19. The fraction of sp³-hybridized carbons (Fsp3) is 0.579. The summed E-state index contributed by atoms with van der Waals surface area (Å²) in [6, 6.07) is 5.98. The van der Waals surface area contributed by atoms with Gasteiger partial charge in [-0.3, -0.25) is 0 Å². The van der Waals surface area contributed by atoms with Gasteiger partial charge in [0, 0.05) is 31.6 Å². The second kappa shape index (κ2) is 7.34. The molecule has 5 heteroatoms. The molecule has 0 aliphatic carbocycles. The molecule has 24 heavy (non-hydrogen) atoms. The third-order valence-electron chi connectivity index (χ3n) is 5.01. The van der Waals surface area contributed by atoms with Crippen LogP contribution in [0.1, 0.15) is 25.5 Å². The van der Waals surface area contributed by atoms with Gasteiger partial charge in [-0.15, -0.1) is 0 Å². The lowest BCUT2D eigenvalue weighted by Crippen LogP contribution is -2.40. The number of benzene rings is 1. The van der Waals surface area contributed by atoms with Crippen LogP contribution in [-0.2, 0) is 0 Å². The maximum Gasteiger partial charge on any atom is 0.225 e. The number of rotatable bonds is 5. The lowest BCUT2D eigenvalue weighted by atomic mass is 9.97. The predicted molar refractivity (Wildman–Crippen MR) is 98.9 cm³/mol. The van der Waals surface area contributed by atoms with E-state index in [-0.39, 0.29) is 0 Å². The first-order chi connectivity index (χ1) is 11.6. The molecule has 0 radical (unpaired) electrons. The average molecular weight is 328 g/mol. The molecule has 5 nitrogen and oxygen atoms in total. The molecule has 1 aromatic carbocycles. The van der Waals surface area contributed by atoms with Gasteiger partial charge >= 0.3 is 0 Å². The minimum absolute atomic E-state index is 0.689. The number of aryl methyl sites for hydroxylation is 1. The summed E-state index contributed by atoms with van der Waals surface area (Å²) in [5.41, 5.74) is 1.96. The molecule has 0 bridgehead atoms. The summed E-state index contributed by atoms with van der Waals surface area (Å²) in [5.74, 6) is 2.33. The first kappa shape index (κ1) is 17.0. The monoisotopic (exact) mass is 328 g/mol. The van der Waals surface area contributed by atoms with Gasteiger partial charge in [-0.2, -0.15) is 0 Å². The molecule has 3 rings (SSSR count). The molecule has 1 fully saturated rings. The van der Waals surface area contributed by atoms with E-state index < -0.39 is 0 Å². The van der Waals surface area contributed by atoms with Crippen molar-refractivity contribution < 1.29 is 4.74 Å². The zero-order chi connectivity index (χ0) is 17.1. The first-order valence-corrected chi connectivity index (χ1v) is 8.86. The maximum absolute atomic E-state index is 5.33. The van der Waals surface area contributed by atoms with Crippen molar-refractivity contribution in [2.24, 2.45) is 5.92 Å². The van der Waals surface area contributed by atoms with Gasteiger partial charge in [0.25, 0.3) is 0 Å². The van der Waals surface area contributed by atoms with Crippen molar-refractivity contribution in [3.05, 3.63) is 23.9 Å². The molecule has 2 heterocycles. The fourth-order valence-electron chi connectivity index (χ4n) is 3.61. The Labute approximate surface area is 144 Å². The lowest BCUT2D eigenvalue weighted by molar-refractivity contribution is 0.185. The van der Waals surface area contributed by atoms with Gasteiger partial charge in [-0.1, -0.05) is 6.92 Å². The minimum atomic E-state index is 0.689. The van der Waals surface area contributed by atoms with Crippen LogP contribution in [-0.4, -0.2) is 55.2 Å². The topological polar surface area (TPSA) is 41.5 Å². The number of piperidine rings is 1. The van der Waals surface area contributed by atoms with Crippen LogP contribution >= 0.6 is 0 Å². The SMILES string of the molecule is CCN1CCC[C@H](CN(C)c2nc(C)c3ccc(OC)cc3n2)C1. The Morgan fingerprint density at radius 3 is 2.92 bits per heavy atom. The van der Waals surface area contributed by atoms with Crippen LogP contribution in [0.25, 0.3) is 10.9 Å². The zero-order valence-corrected chi connectivity index (χ0v) is 15.2. The maximum atomic E-state index is 5.33. The van der Waals surface area contributed by atoms with Crippen LogP contribution in [0, 0.1) is 12.8 Å². The molecule has 130 valence electrons. The van der Waals surface area contributed by atoms with Crippen molar-refractivity contribution in [3.8, 4) is 5.75 Å². The van der Waals surface area contributed by atoms with Crippen molar-refractivity contribution in [1.82, 2.24) is 14.9 Å². The second-order valence-corrected chi connectivity index (χ2v) is 6.77. The van der Waals surface area contributed by atoms with Crippen LogP contribution in [0.2, 0.25) is 0 Å². The molecule has 1 atom stereocenters. The molecule has 0 saturated carbocycles. The second-order valence-electron chi connectivity index (χ2n) is 6.77. The number of ether oxygens (including phenoxy) is 1. The summed E-state index contributed by atoms with van der Waals surface area (Å²) < 4.78 is 5.33. The van der Waals surface area contributed by atoms with Crippen LogP contribution in [0.3, 0.4) is 0 Å². The first-order valence-electron chi connectivity index (χ1n) is 8.86. The van der Waals surface area contributed by atoms with Gasteiger partial charge in [0.1, 0.15) is 5.75 Å². The van der Waals surface area contributed by atoms with E-state index in [9.17, 15) is 0 Å². The number of likely N-dealkylation sites (tertiary alicyclic amines) is 1. The fourth-order valence-corrected chi connectivity index (χ4v) is 3.61. The third kappa shape index (κ3) is 3.61. The summed E-state index contributed by atoms with van der Waals surface area (Å²) in [4.78, 5) is 14.2. The highest BCUT2D eigenvalue weighted by Gasteiger charge is 2.21. The number of nitrogens with zero attached hydrogens (tertiary/aromatic N) is 4. The van der Waals surface area contributed by atoms with Crippen molar-refractivity contribution in [2.45, 2.75) is 26.7 Å². The summed E-state index contributed by atoms with van der Waals surface area (Å²) in [7, 11) is 3.79. The molecule has 1 aliphatic heterocycles. The van der Waals surface area contributed by atoms with Crippen molar-refractivity contribution >= 4 is 16.9 Å². The molecule has 0 unspecified atom stereocenters. The van der Waals surface area contributed by atoms with E-state index in [0.717, 1.165) is 41.4 Å². The van der Waals surface area contributed by atoms with Gasteiger partial charge in [-0.25, -0.2) is 9.97 Å². The van der Waals surface area contributed by atoms with Gasteiger partial charge in [0.2, 0.25) is 5.95 Å². The van der Waals surface area contributed by atoms with Crippen molar-refractivity contribution in [2.75, 3.05) is 45.2 Å². The van der Waals surface area contributed by atoms with E-state index in [1.165, 1.54) is 25.9 Å². The average Bonchev–Trinajstić information content (AvgIpc) is 2.61. The highest BCUT2D eigenvalue weighted by atomic mass is 16.5. The zero-order valence-electron chi connectivity index (χ0n) is 15.2. The summed E-state index contributed by atoms with van der Waals surface area (Å²) in [6.07, 6.45) is 2.59. The lowest BCUT2D eigenvalue weighted by Gasteiger charge is -2.34. The Bertz CT molecular complexity index is 703. The minimum Gasteiger partial charge on any atom is -0.497 e. The van der Waals surface area contributed by atoms with E-state index in [1.54, 1.807) is 7.11 Å². The van der Waals surface area contributed by atoms with E-state index in [4.69, 9.17) is 14.7 Å². The molecule has 2 aromatic rings. The van der Waals surface area contributed by atoms with E-state index >= 15 is 0 Å². The van der Waals surface area contributed by atoms with E-state index in [0.29, 0.717) is 5.92 Å². The third-order valence-corrected chi connectivity index (χ3v) is 5.01. The molecule has 0 amide bonds. The highest BCUT2D eigenvalue weighted by Crippen LogP contribution is 2.24. The summed E-state index contributed by atoms with van der Waals surface area (Å²) in [5, 5.41) is 1.09. The molecular weight excluding hydrogens is 300 g/mol. The van der Waals surface area contributed by atoms with Crippen LogP contribution in [0.5, 0.6) is 5.75 Å². The Balaban J connectivity index is 1.80. The van der Waals surface area contributed by atoms with Crippen LogP contribution in [0.15, 0.2) is 18.2 Å². The highest BCUT2D eigenvalue weighted by molar-refractivity contribution is 5.83. The van der Waals surface area contributed by atoms with Gasteiger partial charge < -0.3 is 14.5 Å². The van der Waals surface area contributed by atoms with Crippen LogP contribution in [0.4, 0.5) is 5.95 Å². The standard InChI is InChI=1S/C19H28N4O/c1-5-23-10-6-7-15(13-23)12-22(3)19-20-14(2)17-9-8-16(24-4)11-18(17)21-19/h8-9,11,15H,5-7,10,12-13H2,1-4H3/t15-/m1/s1. The normalized spacial score (nSPS) is 18.8. The smallest absolute Gasteiger partial charge is 0.225 e. The van der Waals surface area contributed by atoms with Gasteiger partial charge in [-0.05, 0) is 50.9 Å². The molecule has 0 spiro atoms. The van der Waals surface area contributed by atoms with E-state index in [1.807, 2.05) is 25.1 Å². The Morgan fingerprint density at radius 1 is 1.33 bits per heavy atom. The number of hydrogen-bond acceptors (Lipinski definition) is 5. The van der Waals surface area contributed by atoms with Crippen molar-refractivity contribution in [1.29, 1.82) is 0 Å². The quantitative estimate of drug-likeness (QED) is 0.843.